The molecule has 3 heteroatoms. The van der Waals surface area contributed by atoms with Gasteiger partial charge in [-0.15, -0.1) is 11.6 Å². The summed E-state index contributed by atoms with van der Waals surface area (Å²) in [5.74, 6) is 1.74. The largest absolute Gasteiger partial charge is 0.371 e. The van der Waals surface area contributed by atoms with Gasteiger partial charge in [0.15, 0.2) is 0 Å². The standard InChI is InChI=1S/C15H21ClFN/c1-11(2)13-3-5-18(6-4-13)15-8-12(10-16)7-14(17)9-15/h7-9,11,13H,3-6,10H2,1-2H3. The molecule has 2 rings (SSSR count). The van der Waals surface area contributed by atoms with Gasteiger partial charge in [0.05, 0.1) is 0 Å². The van der Waals surface area contributed by atoms with Gasteiger partial charge in [0, 0.05) is 24.7 Å². The molecule has 0 amide bonds. The first-order valence-corrected chi connectivity index (χ1v) is 7.24. The number of hydrogen-bond donors (Lipinski definition) is 0. The van der Waals surface area contributed by atoms with Gasteiger partial charge in [-0.1, -0.05) is 13.8 Å². The molecule has 0 unspecified atom stereocenters. The van der Waals surface area contributed by atoms with Gasteiger partial charge in [0.1, 0.15) is 5.82 Å². The lowest BCUT2D eigenvalue weighted by molar-refractivity contribution is 0.311. The van der Waals surface area contributed by atoms with Crippen molar-refractivity contribution in [2.75, 3.05) is 18.0 Å². The minimum atomic E-state index is -0.186. The smallest absolute Gasteiger partial charge is 0.125 e. The highest BCUT2D eigenvalue weighted by molar-refractivity contribution is 6.17. The summed E-state index contributed by atoms with van der Waals surface area (Å²) in [4.78, 5) is 2.28. The van der Waals surface area contributed by atoms with Gasteiger partial charge in [0.2, 0.25) is 0 Å². The van der Waals surface area contributed by atoms with Gasteiger partial charge in [-0.2, -0.15) is 0 Å². The van der Waals surface area contributed by atoms with E-state index in [4.69, 9.17) is 11.6 Å². The number of halogens is 2. The van der Waals surface area contributed by atoms with E-state index >= 15 is 0 Å². The second-order valence-electron chi connectivity index (χ2n) is 5.52. The average molecular weight is 270 g/mol. The topological polar surface area (TPSA) is 3.24 Å². The Bertz CT molecular complexity index is 397. The molecular weight excluding hydrogens is 249 g/mol. The lowest BCUT2D eigenvalue weighted by Gasteiger charge is -2.35. The van der Waals surface area contributed by atoms with Gasteiger partial charge in [0.25, 0.3) is 0 Å². The van der Waals surface area contributed by atoms with Crippen LogP contribution in [-0.2, 0) is 5.88 Å². The molecule has 1 aromatic carbocycles. The lowest BCUT2D eigenvalue weighted by Crippen LogP contribution is -2.35. The molecule has 0 spiro atoms. The van der Waals surface area contributed by atoms with Crippen molar-refractivity contribution in [2.24, 2.45) is 11.8 Å². The second-order valence-corrected chi connectivity index (χ2v) is 5.79. The van der Waals surface area contributed by atoms with Gasteiger partial charge >= 0.3 is 0 Å². The van der Waals surface area contributed by atoms with Crippen LogP contribution in [0.4, 0.5) is 10.1 Å². The van der Waals surface area contributed by atoms with Crippen molar-refractivity contribution >= 4 is 17.3 Å². The van der Waals surface area contributed by atoms with Gasteiger partial charge in [-0.05, 0) is 48.4 Å². The van der Waals surface area contributed by atoms with Crippen molar-refractivity contribution in [2.45, 2.75) is 32.6 Å². The van der Waals surface area contributed by atoms with E-state index in [2.05, 4.69) is 18.7 Å². The summed E-state index contributed by atoms with van der Waals surface area (Å²) in [6.45, 7) is 6.62. The van der Waals surface area contributed by atoms with E-state index in [0.29, 0.717) is 5.88 Å². The number of hydrogen-bond acceptors (Lipinski definition) is 1. The van der Waals surface area contributed by atoms with Crippen LogP contribution < -0.4 is 4.90 Å². The Hall–Kier alpha value is -0.760. The Morgan fingerprint density at radius 3 is 2.50 bits per heavy atom. The highest BCUT2D eigenvalue weighted by Crippen LogP contribution is 2.28. The first kappa shape index (κ1) is 13.7. The monoisotopic (exact) mass is 269 g/mol. The minimum Gasteiger partial charge on any atom is -0.371 e. The number of alkyl halides is 1. The minimum absolute atomic E-state index is 0.186. The highest BCUT2D eigenvalue weighted by atomic mass is 35.5. The van der Waals surface area contributed by atoms with Crippen LogP contribution in [0.2, 0.25) is 0 Å². The Morgan fingerprint density at radius 2 is 1.94 bits per heavy atom. The fraction of sp³-hybridized carbons (Fsp3) is 0.600. The molecule has 0 aromatic heterocycles. The van der Waals surface area contributed by atoms with Crippen LogP contribution in [0.25, 0.3) is 0 Å². The quantitative estimate of drug-likeness (QED) is 0.734. The van der Waals surface area contributed by atoms with E-state index in [1.807, 2.05) is 6.07 Å². The lowest BCUT2D eigenvalue weighted by atomic mass is 9.86. The van der Waals surface area contributed by atoms with Crippen molar-refractivity contribution < 1.29 is 4.39 Å². The molecule has 0 radical (unpaired) electrons. The normalized spacial score (nSPS) is 17.5. The molecule has 0 saturated carbocycles. The molecule has 0 bridgehead atoms. The maximum Gasteiger partial charge on any atom is 0.125 e. The molecule has 1 aliphatic rings. The number of benzene rings is 1. The molecule has 1 saturated heterocycles. The van der Waals surface area contributed by atoms with Crippen LogP contribution in [0.5, 0.6) is 0 Å². The van der Waals surface area contributed by atoms with Gasteiger partial charge in [-0.3, -0.25) is 0 Å². The summed E-state index contributed by atoms with van der Waals surface area (Å²) in [5, 5.41) is 0. The van der Waals surface area contributed by atoms with Crippen LogP contribution >= 0.6 is 11.6 Å². The average Bonchev–Trinajstić information content (AvgIpc) is 2.38. The zero-order chi connectivity index (χ0) is 13.1. The van der Waals surface area contributed by atoms with Crippen LogP contribution in [0.15, 0.2) is 18.2 Å². The van der Waals surface area contributed by atoms with E-state index in [-0.39, 0.29) is 5.82 Å². The number of rotatable bonds is 3. The van der Waals surface area contributed by atoms with Crippen molar-refractivity contribution in [3.63, 3.8) is 0 Å². The van der Waals surface area contributed by atoms with Crippen molar-refractivity contribution in [1.29, 1.82) is 0 Å². The number of piperidine rings is 1. The van der Waals surface area contributed by atoms with Crippen LogP contribution in [-0.4, -0.2) is 13.1 Å². The summed E-state index contributed by atoms with van der Waals surface area (Å²) < 4.78 is 13.5. The molecule has 1 aromatic rings. The molecule has 0 N–H and O–H groups in total. The molecule has 0 aliphatic carbocycles. The maximum absolute atomic E-state index is 13.5. The van der Waals surface area contributed by atoms with Gasteiger partial charge < -0.3 is 4.90 Å². The Balaban J connectivity index is 2.07. The summed E-state index contributed by atoms with van der Waals surface area (Å²) in [5.41, 5.74) is 1.84. The van der Waals surface area contributed by atoms with Crippen molar-refractivity contribution in [1.82, 2.24) is 0 Å². The number of anilines is 1. The third-order valence-corrected chi connectivity index (χ3v) is 4.25. The first-order chi connectivity index (χ1) is 8.60. The molecular formula is C15H21ClFN. The predicted molar refractivity (Wildman–Crippen MR) is 75.7 cm³/mol. The van der Waals surface area contributed by atoms with Crippen LogP contribution in [0.3, 0.4) is 0 Å². The van der Waals surface area contributed by atoms with E-state index in [9.17, 15) is 4.39 Å². The summed E-state index contributed by atoms with van der Waals surface area (Å²) in [7, 11) is 0. The zero-order valence-electron chi connectivity index (χ0n) is 11.1. The van der Waals surface area contributed by atoms with Crippen LogP contribution in [0.1, 0.15) is 32.3 Å². The molecule has 1 heterocycles. The second kappa shape index (κ2) is 5.92. The van der Waals surface area contributed by atoms with Crippen molar-refractivity contribution in [3.8, 4) is 0 Å². The zero-order valence-corrected chi connectivity index (χ0v) is 11.9. The molecule has 1 nitrogen and oxygen atoms in total. The third kappa shape index (κ3) is 3.17. The van der Waals surface area contributed by atoms with E-state index in [1.165, 1.54) is 18.9 Å². The van der Waals surface area contributed by atoms with E-state index < -0.39 is 0 Å². The first-order valence-electron chi connectivity index (χ1n) is 6.70. The highest BCUT2D eigenvalue weighted by Gasteiger charge is 2.22. The van der Waals surface area contributed by atoms with Crippen molar-refractivity contribution in [3.05, 3.63) is 29.6 Å². The number of nitrogens with zero attached hydrogens (tertiary/aromatic N) is 1. The molecule has 0 atom stereocenters. The SMILES string of the molecule is CC(C)C1CCN(c2cc(F)cc(CCl)c2)CC1. The fourth-order valence-electron chi connectivity index (χ4n) is 2.72. The fourth-order valence-corrected chi connectivity index (χ4v) is 2.87. The van der Waals surface area contributed by atoms with E-state index in [1.54, 1.807) is 6.07 Å². The Morgan fingerprint density at radius 1 is 1.28 bits per heavy atom. The summed E-state index contributed by atoms with van der Waals surface area (Å²) in [6.07, 6.45) is 2.40. The van der Waals surface area contributed by atoms with Gasteiger partial charge in [-0.25, -0.2) is 4.39 Å². The molecule has 1 aliphatic heterocycles. The Labute approximate surface area is 114 Å². The molecule has 18 heavy (non-hydrogen) atoms. The summed E-state index contributed by atoms with van der Waals surface area (Å²) in [6, 6.07) is 5.13. The van der Waals surface area contributed by atoms with E-state index in [0.717, 1.165) is 36.2 Å². The van der Waals surface area contributed by atoms with Crippen LogP contribution in [0, 0.1) is 17.7 Å². The maximum atomic E-state index is 13.5. The molecule has 100 valence electrons. The predicted octanol–water partition coefficient (Wildman–Crippen LogP) is 4.44. The third-order valence-electron chi connectivity index (χ3n) is 3.94. The summed E-state index contributed by atoms with van der Waals surface area (Å²) >= 11 is 5.79. The Kier molecular flexibility index (Phi) is 4.50. The molecule has 1 fully saturated rings.